The predicted octanol–water partition coefficient (Wildman–Crippen LogP) is 2.18. The van der Waals surface area contributed by atoms with Crippen molar-refractivity contribution in [3.8, 4) is 0 Å². The van der Waals surface area contributed by atoms with E-state index in [1.54, 1.807) is 5.57 Å². The molecule has 0 heterocycles. The fraction of sp³-hybridized carbons (Fsp3) is 0.778. The van der Waals surface area contributed by atoms with Crippen molar-refractivity contribution in [2.75, 3.05) is 12.3 Å². The Morgan fingerprint density at radius 1 is 1.73 bits per heavy atom. The maximum atomic E-state index is 5.52. The van der Waals surface area contributed by atoms with Crippen molar-refractivity contribution >= 4 is 11.8 Å². The molecule has 2 heteroatoms. The molecule has 64 valence electrons. The standard InChI is InChI=1S/C9H17NS/c1-8(6-10)11-7-9-4-2-3-5-9/h4,8H,2-3,5-7,10H2,1H3. The number of nitrogens with two attached hydrogens (primary N) is 1. The Balaban J connectivity index is 2.11. The van der Waals surface area contributed by atoms with Gasteiger partial charge in [0.05, 0.1) is 0 Å². The van der Waals surface area contributed by atoms with Crippen LogP contribution >= 0.6 is 11.8 Å². The van der Waals surface area contributed by atoms with Gasteiger partial charge in [-0.15, -0.1) is 0 Å². The van der Waals surface area contributed by atoms with Crippen LogP contribution in [0.5, 0.6) is 0 Å². The van der Waals surface area contributed by atoms with Gasteiger partial charge in [-0.3, -0.25) is 0 Å². The van der Waals surface area contributed by atoms with Crippen LogP contribution in [0, 0.1) is 0 Å². The molecule has 0 amide bonds. The Morgan fingerprint density at radius 3 is 3.09 bits per heavy atom. The molecule has 11 heavy (non-hydrogen) atoms. The molecule has 0 saturated heterocycles. The fourth-order valence-electron chi connectivity index (χ4n) is 1.19. The maximum absolute atomic E-state index is 5.52. The van der Waals surface area contributed by atoms with Crippen molar-refractivity contribution < 1.29 is 0 Å². The van der Waals surface area contributed by atoms with Gasteiger partial charge in [0.1, 0.15) is 0 Å². The van der Waals surface area contributed by atoms with Crippen LogP contribution in [0.2, 0.25) is 0 Å². The summed E-state index contributed by atoms with van der Waals surface area (Å²) in [6, 6.07) is 0. The molecule has 1 aliphatic carbocycles. The van der Waals surface area contributed by atoms with E-state index in [0.29, 0.717) is 5.25 Å². The second-order valence-corrected chi connectivity index (χ2v) is 4.54. The highest BCUT2D eigenvalue weighted by Gasteiger charge is 2.06. The van der Waals surface area contributed by atoms with Crippen LogP contribution in [0.3, 0.4) is 0 Å². The molecular formula is C9H17NS. The average molecular weight is 171 g/mol. The van der Waals surface area contributed by atoms with Crippen LogP contribution in [-0.4, -0.2) is 17.5 Å². The van der Waals surface area contributed by atoms with Crippen LogP contribution in [0.25, 0.3) is 0 Å². The summed E-state index contributed by atoms with van der Waals surface area (Å²) in [4.78, 5) is 0. The molecule has 1 atom stereocenters. The third-order valence-electron chi connectivity index (χ3n) is 2.02. The minimum atomic E-state index is 0.622. The normalized spacial score (nSPS) is 20.0. The lowest BCUT2D eigenvalue weighted by molar-refractivity contribution is 0.906. The average Bonchev–Trinajstić information content (AvgIpc) is 2.52. The zero-order valence-corrected chi connectivity index (χ0v) is 7.99. The molecule has 1 unspecified atom stereocenters. The van der Waals surface area contributed by atoms with Crippen LogP contribution in [0.1, 0.15) is 26.2 Å². The highest BCUT2D eigenvalue weighted by atomic mass is 32.2. The Bertz CT molecular complexity index is 142. The van der Waals surface area contributed by atoms with Gasteiger partial charge in [0.2, 0.25) is 0 Å². The quantitative estimate of drug-likeness (QED) is 0.656. The van der Waals surface area contributed by atoms with E-state index in [9.17, 15) is 0 Å². The second kappa shape index (κ2) is 4.83. The first-order chi connectivity index (χ1) is 5.33. The third kappa shape index (κ3) is 3.30. The molecule has 1 aliphatic rings. The van der Waals surface area contributed by atoms with E-state index < -0.39 is 0 Å². The van der Waals surface area contributed by atoms with E-state index in [0.717, 1.165) is 6.54 Å². The van der Waals surface area contributed by atoms with E-state index in [-0.39, 0.29) is 0 Å². The lowest BCUT2D eigenvalue weighted by Crippen LogP contribution is -2.13. The summed E-state index contributed by atoms with van der Waals surface area (Å²) in [6.07, 6.45) is 6.38. The maximum Gasteiger partial charge on any atom is 0.0146 e. The highest BCUT2D eigenvalue weighted by Crippen LogP contribution is 2.23. The summed E-state index contributed by atoms with van der Waals surface area (Å²) in [5.74, 6) is 1.21. The van der Waals surface area contributed by atoms with Gasteiger partial charge in [0, 0.05) is 17.5 Å². The van der Waals surface area contributed by atoms with Gasteiger partial charge >= 0.3 is 0 Å². The number of hydrogen-bond donors (Lipinski definition) is 1. The van der Waals surface area contributed by atoms with Gasteiger partial charge in [0.15, 0.2) is 0 Å². The van der Waals surface area contributed by atoms with E-state index in [4.69, 9.17) is 5.73 Å². The summed E-state index contributed by atoms with van der Waals surface area (Å²) < 4.78 is 0. The number of hydrogen-bond acceptors (Lipinski definition) is 2. The van der Waals surface area contributed by atoms with Crippen LogP contribution in [-0.2, 0) is 0 Å². The summed E-state index contributed by atoms with van der Waals surface area (Å²) in [5.41, 5.74) is 7.15. The molecule has 0 bridgehead atoms. The highest BCUT2D eigenvalue weighted by molar-refractivity contribution is 8.00. The molecule has 0 fully saturated rings. The summed E-state index contributed by atoms with van der Waals surface area (Å²) >= 11 is 1.98. The number of rotatable bonds is 4. The van der Waals surface area contributed by atoms with E-state index >= 15 is 0 Å². The number of allylic oxidation sites excluding steroid dienone is 1. The third-order valence-corrected chi connectivity index (χ3v) is 3.32. The summed E-state index contributed by atoms with van der Waals surface area (Å²) in [6.45, 7) is 3.00. The Hall–Kier alpha value is 0.0500. The molecule has 0 saturated carbocycles. The van der Waals surface area contributed by atoms with Crippen molar-refractivity contribution in [2.24, 2.45) is 5.73 Å². The molecule has 0 aromatic heterocycles. The second-order valence-electron chi connectivity index (χ2n) is 3.11. The van der Waals surface area contributed by atoms with Crippen LogP contribution in [0.15, 0.2) is 11.6 Å². The minimum absolute atomic E-state index is 0.622. The van der Waals surface area contributed by atoms with Crippen molar-refractivity contribution in [3.63, 3.8) is 0 Å². The van der Waals surface area contributed by atoms with Gasteiger partial charge in [0.25, 0.3) is 0 Å². The predicted molar refractivity (Wildman–Crippen MR) is 52.9 cm³/mol. The monoisotopic (exact) mass is 171 g/mol. The first-order valence-electron chi connectivity index (χ1n) is 4.32. The first-order valence-corrected chi connectivity index (χ1v) is 5.37. The molecule has 2 N–H and O–H groups in total. The largest absolute Gasteiger partial charge is 0.329 e. The van der Waals surface area contributed by atoms with E-state index in [1.807, 2.05) is 11.8 Å². The molecule has 0 aromatic rings. The molecule has 1 nitrogen and oxygen atoms in total. The van der Waals surface area contributed by atoms with Gasteiger partial charge in [-0.25, -0.2) is 0 Å². The lowest BCUT2D eigenvalue weighted by Gasteiger charge is -2.07. The van der Waals surface area contributed by atoms with Crippen LogP contribution in [0.4, 0.5) is 0 Å². The minimum Gasteiger partial charge on any atom is -0.329 e. The fourth-order valence-corrected chi connectivity index (χ4v) is 2.08. The van der Waals surface area contributed by atoms with E-state index in [1.165, 1.54) is 25.0 Å². The SMILES string of the molecule is CC(CN)SCC1=CCCC1. The molecule has 0 aromatic carbocycles. The molecule has 1 rings (SSSR count). The van der Waals surface area contributed by atoms with Crippen molar-refractivity contribution in [2.45, 2.75) is 31.4 Å². The lowest BCUT2D eigenvalue weighted by atomic mass is 10.3. The van der Waals surface area contributed by atoms with Gasteiger partial charge in [-0.2, -0.15) is 11.8 Å². The smallest absolute Gasteiger partial charge is 0.0146 e. The summed E-state index contributed by atoms with van der Waals surface area (Å²) in [7, 11) is 0. The zero-order chi connectivity index (χ0) is 8.10. The first kappa shape index (κ1) is 9.14. The van der Waals surface area contributed by atoms with Gasteiger partial charge in [-0.05, 0) is 19.3 Å². The molecule has 0 aliphatic heterocycles. The number of thioether (sulfide) groups is 1. The Kier molecular flexibility index (Phi) is 4.02. The van der Waals surface area contributed by atoms with Crippen molar-refractivity contribution in [3.05, 3.63) is 11.6 Å². The van der Waals surface area contributed by atoms with Crippen molar-refractivity contribution in [1.29, 1.82) is 0 Å². The molecule has 0 radical (unpaired) electrons. The molecule has 0 spiro atoms. The molecular weight excluding hydrogens is 154 g/mol. The van der Waals surface area contributed by atoms with Crippen molar-refractivity contribution in [1.82, 2.24) is 0 Å². The zero-order valence-electron chi connectivity index (χ0n) is 7.18. The summed E-state index contributed by atoms with van der Waals surface area (Å²) in [5, 5.41) is 0.622. The van der Waals surface area contributed by atoms with E-state index in [2.05, 4.69) is 13.0 Å². The Labute approximate surface area is 73.4 Å². The topological polar surface area (TPSA) is 26.0 Å². The van der Waals surface area contributed by atoms with Gasteiger partial charge < -0.3 is 5.73 Å². The van der Waals surface area contributed by atoms with Crippen LogP contribution < -0.4 is 5.73 Å². The van der Waals surface area contributed by atoms with Gasteiger partial charge in [-0.1, -0.05) is 18.6 Å². The Morgan fingerprint density at radius 2 is 2.55 bits per heavy atom.